The lowest BCUT2D eigenvalue weighted by Gasteiger charge is -2.09. The molecule has 0 N–H and O–H groups in total. The zero-order valence-electron chi connectivity index (χ0n) is 23.9. The van der Waals surface area contributed by atoms with Gasteiger partial charge in [-0.25, -0.2) is 0 Å². The van der Waals surface area contributed by atoms with Crippen LogP contribution in [0.15, 0.2) is 97.1 Å². The van der Waals surface area contributed by atoms with Crippen molar-refractivity contribution in [2.75, 3.05) is 39.6 Å². The second-order valence-corrected chi connectivity index (χ2v) is 10.4. The molecule has 0 bridgehead atoms. The van der Waals surface area contributed by atoms with Gasteiger partial charge in [-0.2, -0.15) is 0 Å². The summed E-state index contributed by atoms with van der Waals surface area (Å²) in [7, 11) is 0. The first-order chi connectivity index (χ1) is 21.4. The zero-order valence-corrected chi connectivity index (χ0v) is 25.4. The summed E-state index contributed by atoms with van der Waals surface area (Å²) >= 11 is 11.8. The predicted octanol–water partition coefficient (Wildman–Crippen LogP) is 6.78. The summed E-state index contributed by atoms with van der Waals surface area (Å²) in [6.07, 6.45) is 0. The Labute approximate surface area is 266 Å². The number of hydrogen-bond donors (Lipinski definition) is 0. The first-order valence-corrected chi connectivity index (χ1v) is 14.6. The number of ketones is 2. The van der Waals surface area contributed by atoms with Crippen LogP contribution >= 0.6 is 23.2 Å². The average Bonchev–Trinajstić information content (AvgIpc) is 3.05. The lowest BCUT2D eigenvalue weighted by atomic mass is 10.2. The van der Waals surface area contributed by atoms with E-state index in [0.29, 0.717) is 34.8 Å². The molecule has 4 aromatic carbocycles. The van der Waals surface area contributed by atoms with Crippen LogP contribution in [-0.2, 0) is 32.3 Å². The van der Waals surface area contributed by atoms with Gasteiger partial charge >= 0.3 is 0 Å². The number of rotatable bonds is 19. The third-order valence-electron chi connectivity index (χ3n) is 5.98. The van der Waals surface area contributed by atoms with Gasteiger partial charge in [-0.15, -0.1) is 0 Å². The Morgan fingerprint density at radius 1 is 0.432 bits per heavy atom. The van der Waals surface area contributed by atoms with E-state index in [4.69, 9.17) is 51.6 Å². The van der Waals surface area contributed by atoms with E-state index in [1.807, 2.05) is 24.3 Å². The summed E-state index contributed by atoms with van der Waals surface area (Å²) in [6.45, 7) is 0.659. The summed E-state index contributed by atoms with van der Waals surface area (Å²) in [5, 5.41) is 1.30. The molecule has 0 amide bonds. The molecule has 44 heavy (non-hydrogen) atoms. The molecule has 0 saturated heterocycles. The summed E-state index contributed by atoms with van der Waals surface area (Å²) in [6, 6.07) is 28.9. The molecule has 0 aliphatic rings. The molecule has 0 radical (unpaired) electrons. The standard InChI is InChI=1S/C34H32Cl2O8/c35-27-5-13-33(14-6-27)41-19-25-1-9-31(10-2-25)43-23-29(37)21-39-17-18-40-22-30(38)24-44-32-11-3-26(4-12-32)20-42-34-15-7-28(36)8-16-34/h1-16H,17-24H2. The van der Waals surface area contributed by atoms with Crippen molar-refractivity contribution in [3.8, 4) is 23.0 Å². The first-order valence-electron chi connectivity index (χ1n) is 13.8. The lowest BCUT2D eigenvalue weighted by molar-refractivity contribution is -0.129. The monoisotopic (exact) mass is 638 g/mol. The molecule has 10 heteroatoms. The Kier molecular flexibility index (Phi) is 13.4. The highest BCUT2D eigenvalue weighted by Gasteiger charge is 2.07. The van der Waals surface area contributed by atoms with Crippen LogP contribution in [0, 0.1) is 0 Å². The van der Waals surface area contributed by atoms with E-state index in [1.54, 1.807) is 72.8 Å². The highest BCUT2D eigenvalue weighted by atomic mass is 35.5. The number of Topliss-reactive ketones (excluding diaryl/α,β-unsaturated/α-hetero) is 2. The van der Waals surface area contributed by atoms with Crippen LogP contribution in [0.25, 0.3) is 0 Å². The fraction of sp³-hybridized carbons (Fsp3) is 0.235. The smallest absolute Gasteiger partial charge is 0.195 e. The molecule has 8 nitrogen and oxygen atoms in total. The quantitative estimate of drug-likeness (QED) is 0.104. The maximum atomic E-state index is 12.1. The molecule has 0 heterocycles. The van der Waals surface area contributed by atoms with Gasteiger partial charge in [-0.3, -0.25) is 9.59 Å². The van der Waals surface area contributed by atoms with Gasteiger partial charge in [0, 0.05) is 10.0 Å². The highest BCUT2D eigenvalue weighted by Crippen LogP contribution is 2.20. The van der Waals surface area contributed by atoms with Crippen LogP contribution in [-0.4, -0.2) is 51.2 Å². The fourth-order valence-electron chi connectivity index (χ4n) is 3.66. The molecule has 0 fully saturated rings. The van der Waals surface area contributed by atoms with E-state index < -0.39 is 0 Å². The summed E-state index contributed by atoms with van der Waals surface area (Å²) in [5.74, 6) is 2.15. The van der Waals surface area contributed by atoms with E-state index in [0.717, 1.165) is 22.6 Å². The molecule has 4 aromatic rings. The van der Waals surface area contributed by atoms with Crippen molar-refractivity contribution >= 4 is 34.8 Å². The van der Waals surface area contributed by atoms with Gasteiger partial charge in [0.15, 0.2) is 11.6 Å². The van der Waals surface area contributed by atoms with Gasteiger partial charge in [-0.05, 0) is 83.9 Å². The predicted molar refractivity (Wildman–Crippen MR) is 167 cm³/mol. The van der Waals surface area contributed by atoms with Crippen LogP contribution in [0.1, 0.15) is 11.1 Å². The van der Waals surface area contributed by atoms with Crippen molar-refractivity contribution in [1.82, 2.24) is 0 Å². The second kappa shape index (κ2) is 17.9. The summed E-state index contributed by atoms with van der Waals surface area (Å²) < 4.78 is 33.1. The van der Waals surface area contributed by atoms with Gasteiger partial charge in [0.1, 0.15) is 62.6 Å². The van der Waals surface area contributed by atoms with E-state index in [2.05, 4.69) is 0 Å². The molecule has 0 aromatic heterocycles. The molecular formula is C34H32Cl2O8. The molecule has 230 valence electrons. The lowest BCUT2D eigenvalue weighted by Crippen LogP contribution is -2.21. The maximum absolute atomic E-state index is 12.1. The summed E-state index contributed by atoms with van der Waals surface area (Å²) in [4.78, 5) is 24.1. The minimum absolute atomic E-state index is 0.117. The molecule has 0 unspecified atom stereocenters. The van der Waals surface area contributed by atoms with Crippen molar-refractivity contribution in [1.29, 1.82) is 0 Å². The number of carbonyl (C=O) groups excluding carboxylic acids is 2. The fourth-order valence-corrected chi connectivity index (χ4v) is 3.91. The number of hydrogen-bond acceptors (Lipinski definition) is 8. The maximum Gasteiger partial charge on any atom is 0.195 e. The van der Waals surface area contributed by atoms with E-state index in [1.165, 1.54) is 0 Å². The Morgan fingerprint density at radius 2 is 0.750 bits per heavy atom. The minimum atomic E-state index is -0.216. The zero-order chi connectivity index (χ0) is 31.0. The molecule has 0 spiro atoms. The van der Waals surface area contributed by atoms with Gasteiger partial charge < -0.3 is 28.4 Å². The average molecular weight is 640 g/mol. The third kappa shape index (κ3) is 12.3. The number of ether oxygens (including phenoxy) is 6. The Hall–Kier alpha value is -4.08. The first kappa shape index (κ1) is 32.8. The Morgan fingerprint density at radius 3 is 1.11 bits per heavy atom. The van der Waals surface area contributed by atoms with Crippen molar-refractivity contribution in [2.24, 2.45) is 0 Å². The molecule has 4 rings (SSSR count). The van der Waals surface area contributed by atoms with Crippen LogP contribution in [0.2, 0.25) is 10.0 Å². The molecule has 0 saturated carbocycles. The molecule has 0 aliphatic carbocycles. The van der Waals surface area contributed by atoms with Gasteiger partial charge in [0.2, 0.25) is 0 Å². The second-order valence-electron chi connectivity index (χ2n) is 9.53. The van der Waals surface area contributed by atoms with Gasteiger partial charge in [0.25, 0.3) is 0 Å². The van der Waals surface area contributed by atoms with Crippen LogP contribution in [0.5, 0.6) is 23.0 Å². The molecule has 0 atom stereocenters. The van der Waals surface area contributed by atoms with E-state index in [-0.39, 0.29) is 51.2 Å². The number of benzene rings is 4. The SMILES string of the molecule is O=C(COCCOCC(=O)COc1ccc(COc2ccc(Cl)cc2)cc1)COc1ccc(COc2ccc(Cl)cc2)cc1. The molecule has 0 aliphatic heterocycles. The van der Waals surface area contributed by atoms with Crippen molar-refractivity contribution in [3.05, 3.63) is 118 Å². The highest BCUT2D eigenvalue weighted by molar-refractivity contribution is 6.30. The minimum Gasteiger partial charge on any atom is -0.489 e. The van der Waals surface area contributed by atoms with Crippen LogP contribution < -0.4 is 18.9 Å². The van der Waals surface area contributed by atoms with Gasteiger partial charge in [-0.1, -0.05) is 47.5 Å². The topological polar surface area (TPSA) is 89.5 Å². The Bertz CT molecular complexity index is 1330. The normalized spacial score (nSPS) is 10.7. The van der Waals surface area contributed by atoms with Crippen LogP contribution in [0.4, 0.5) is 0 Å². The van der Waals surface area contributed by atoms with Crippen molar-refractivity contribution in [3.63, 3.8) is 0 Å². The van der Waals surface area contributed by atoms with Crippen molar-refractivity contribution < 1.29 is 38.0 Å². The number of halogens is 2. The van der Waals surface area contributed by atoms with Crippen LogP contribution in [0.3, 0.4) is 0 Å². The van der Waals surface area contributed by atoms with E-state index >= 15 is 0 Å². The van der Waals surface area contributed by atoms with Crippen molar-refractivity contribution in [2.45, 2.75) is 13.2 Å². The largest absolute Gasteiger partial charge is 0.489 e. The number of carbonyl (C=O) groups is 2. The van der Waals surface area contributed by atoms with E-state index in [9.17, 15) is 9.59 Å². The Balaban J connectivity index is 1.000. The summed E-state index contributed by atoms with van der Waals surface area (Å²) in [5.41, 5.74) is 1.91. The third-order valence-corrected chi connectivity index (χ3v) is 6.49. The molecular weight excluding hydrogens is 607 g/mol. The van der Waals surface area contributed by atoms with Gasteiger partial charge in [0.05, 0.1) is 13.2 Å².